The number of carbonyl (C=O) groups is 4. The Hall–Kier alpha value is -8.08. The van der Waals surface area contributed by atoms with Crippen molar-refractivity contribution in [3.63, 3.8) is 0 Å². The van der Waals surface area contributed by atoms with Crippen molar-refractivity contribution in [3.05, 3.63) is 202 Å². The summed E-state index contributed by atoms with van der Waals surface area (Å²) in [7, 11) is 0. The molecule has 12 atom stereocenters. The van der Waals surface area contributed by atoms with Gasteiger partial charge in [-0.2, -0.15) is 58.7 Å². The highest BCUT2D eigenvalue weighted by Crippen LogP contribution is 2.53. The molecule has 19 nitrogen and oxygen atoms in total. The second kappa shape index (κ2) is 42.0. The number of hydrogen-bond acceptors (Lipinski definition) is 16. The molecule has 31 heteroatoms. The highest BCUT2D eigenvalue weighted by atomic mass is 35.5. The van der Waals surface area contributed by atoms with Crippen LogP contribution in [0.4, 0.5) is 39.5 Å². The van der Waals surface area contributed by atoms with Gasteiger partial charge in [0.1, 0.15) is 17.0 Å². The molecule has 698 valence electrons. The average Bonchev–Trinajstić information content (AvgIpc) is 1.41. The standard InChI is InChI=1S/C32H36ClF3N2O4.C32H38ClF3N2O2.C22H31NO3.C10H9ClF3N.2CO2/c1-20-16-37(11-8-27(20)21-3-2-4-26(14-21)41-19-39)25-7-10-31(42-18-25,23-5-6-23)30(40)38-12-9-28-22(17-38)13-24(15-29(28)33)32(34,35)36;1-20-4-3-5-22(14-20)27-9-12-37(17-21(27)2)26-8-11-31(40-19-26,24-6-7-24)30(39)38-13-10-28-23(18-38)15-25(16-29(28)33)32(34,35)36;1-15-4-3-5-17(12-15)20-9-11-23(13-16(20)2)19-8-10-22(21(24)25,26-14-19)18-6-7-18;11-9-4-7(10(12,13)14)3-6-5-15-2-1-8(6)9;2*2-1-3/h2-4,13-15,19-20,23,25,27H,5-12,16-18H2,1H3;3-5,14-16,21,24,26-27H,6-13,17-19H2,1-2H3;3-5,12,16,18-20H,6-11,13-14H2,1-2H3,(H,24,25);3-4,15H,1-2,5H2;;/t20-,25+,27-,31-;21-,26+,27-,31-;16-,19+,20-,22-;;;/m000.../s1. The van der Waals surface area contributed by atoms with E-state index in [0.29, 0.717) is 160 Å². The third kappa shape index (κ3) is 23.2. The van der Waals surface area contributed by atoms with Gasteiger partial charge >= 0.3 is 36.8 Å². The molecule has 6 aromatic carbocycles. The molecular weight excluding hydrogens is 1750 g/mol. The first-order chi connectivity index (χ1) is 61.4. The molecule has 9 aliphatic heterocycles. The molecule has 6 aromatic rings. The molecule has 0 spiro atoms. The predicted octanol–water partition coefficient (Wildman–Crippen LogP) is 18.9. The van der Waals surface area contributed by atoms with Gasteiger partial charge in [0.05, 0.1) is 36.5 Å². The molecule has 0 bridgehead atoms. The molecule has 2 amide bonds. The second-order valence-corrected chi connectivity index (χ2v) is 38.6. The number of carboxylic acids is 1. The summed E-state index contributed by atoms with van der Waals surface area (Å²) in [5, 5.41) is 13.2. The summed E-state index contributed by atoms with van der Waals surface area (Å²) < 4.78 is 142. The fourth-order valence-corrected chi connectivity index (χ4v) is 22.8. The number of nitrogens with zero attached hydrogens (tertiary/aromatic N) is 5. The number of rotatable bonds is 14. The molecule has 6 saturated heterocycles. The largest absolute Gasteiger partial charge is 0.479 e. The summed E-state index contributed by atoms with van der Waals surface area (Å²) in [5.74, 6) is 3.34. The third-order valence-corrected chi connectivity index (χ3v) is 30.0. The molecule has 3 aliphatic carbocycles. The topological polar surface area (TPSA) is 222 Å². The van der Waals surface area contributed by atoms with E-state index in [1.165, 1.54) is 40.3 Å². The SMILES string of the molecule is C[C@H]1CN([C@@H]2CC[C@@](C(=O)N3CCc4c(Cl)cc(C(F)(F)F)cc4C3)(C3CC3)OC2)CC[C@@H]1c1cccc(OC=O)c1.Cc1cccc([C@H]2CCN([C@@H]3CC[C@@](C(=O)N4CCc5c(Cl)cc(C(F)(F)F)cc5C4)(C4CC4)OC3)C[C@@H]2C)c1.Cc1cccc([C@H]2CCN([C@@H]3CC[C@@](C(=O)O)(C4CC4)OC3)C[C@@H]2C)c1.FC(F)(F)c1cc(Cl)c2c(c1)CNCC2.O=C=O.O=C=O. The van der Waals surface area contributed by atoms with Crippen LogP contribution < -0.4 is 10.1 Å². The van der Waals surface area contributed by atoms with E-state index in [0.717, 1.165) is 152 Å². The highest BCUT2D eigenvalue weighted by molar-refractivity contribution is 6.32. The van der Waals surface area contributed by atoms with Crippen molar-refractivity contribution in [2.45, 2.75) is 241 Å². The molecule has 3 saturated carbocycles. The van der Waals surface area contributed by atoms with Gasteiger partial charge in [-0.05, 0) is 307 Å². The summed E-state index contributed by atoms with van der Waals surface area (Å²) >= 11 is 18.3. The number of alkyl halides is 9. The first-order valence-corrected chi connectivity index (χ1v) is 46.2. The van der Waals surface area contributed by atoms with Gasteiger partial charge in [0.15, 0.2) is 5.60 Å². The van der Waals surface area contributed by atoms with Crippen molar-refractivity contribution in [1.82, 2.24) is 29.8 Å². The molecule has 0 aromatic heterocycles. The fourth-order valence-electron chi connectivity index (χ4n) is 21.8. The number of aliphatic carboxylic acids is 1. The van der Waals surface area contributed by atoms with Crippen LogP contribution in [0.2, 0.25) is 15.1 Å². The van der Waals surface area contributed by atoms with Gasteiger partial charge in [-0.3, -0.25) is 29.1 Å². The Kier molecular flexibility index (Phi) is 32.1. The van der Waals surface area contributed by atoms with Crippen molar-refractivity contribution >= 4 is 71.4 Å². The van der Waals surface area contributed by atoms with Crippen LogP contribution in [0.1, 0.15) is 213 Å². The minimum atomic E-state index is -4.50. The lowest BCUT2D eigenvalue weighted by atomic mass is 9.79. The second-order valence-electron chi connectivity index (χ2n) is 37.4. The minimum Gasteiger partial charge on any atom is -0.479 e. The van der Waals surface area contributed by atoms with E-state index in [4.69, 9.17) is 72.9 Å². The van der Waals surface area contributed by atoms with Crippen molar-refractivity contribution in [2.24, 2.45) is 35.5 Å². The average molecular weight is 1860 g/mol. The smallest absolute Gasteiger partial charge is 0.416 e. The number of carbonyl (C=O) groups excluding carboxylic acids is 7. The van der Waals surface area contributed by atoms with Gasteiger partial charge in [-0.15, -0.1) is 0 Å². The number of carboxylic acid groups (broad SMARTS) is 1. The number of piperidine rings is 3. The molecule has 0 radical (unpaired) electrons. The molecule has 129 heavy (non-hydrogen) atoms. The Balaban J connectivity index is 0.000000151. The molecular formula is C98H114Cl3F9N6O13. The third-order valence-electron chi connectivity index (χ3n) is 29.0. The summed E-state index contributed by atoms with van der Waals surface area (Å²) in [4.78, 5) is 94.1. The number of hydrogen-bond donors (Lipinski definition) is 2. The lowest BCUT2D eigenvalue weighted by molar-refractivity contribution is -0.193. The minimum absolute atomic E-state index is 0.0563. The Labute approximate surface area is 762 Å². The maximum absolute atomic E-state index is 14.0. The number of aryl methyl sites for hydroxylation is 2. The number of amides is 2. The van der Waals surface area contributed by atoms with E-state index in [1.807, 2.05) is 12.1 Å². The van der Waals surface area contributed by atoms with Crippen molar-refractivity contribution in [3.8, 4) is 5.75 Å². The Morgan fingerprint density at radius 3 is 1.13 bits per heavy atom. The summed E-state index contributed by atoms with van der Waals surface area (Å²) in [6.07, 6.45) is 2.49. The summed E-state index contributed by atoms with van der Waals surface area (Å²) in [5.41, 5.74) is 5.70. The lowest BCUT2D eigenvalue weighted by Gasteiger charge is -2.48. The number of ether oxygens (including phenoxy) is 4. The van der Waals surface area contributed by atoms with Crippen molar-refractivity contribution in [1.29, 1.82) is 0 Å². The van der Waals surface area contributed by atoms with Crippen LogP contribution in [-0.2, 0) is 110 Å². The van der Waals surface area contributed by atoms with Gasteiger partial charge in [0.25, 0.3) is 18.3 Å². The Morgan fingerprint density at radius 2 is 0.806 bits per heavy atom. The number of halogens is 12. The van der Waals surface area contributed by atoms with Gasteiger partial charge in [0, 0.05) is 85.6 Å². The maximum atomic E-state index is 14.0. The molecule has 0 unspecified atom stereocenters. The predicted molar refractivity (Wildman–Crippen MR) is 464 cm³/mol. The van der Waals surface area contributed by atoms with Crippen LogP contribution in [0.15, 0.2) is 109 Å². The van der Waals surface area contributed by atoms with Crippen LogP contribution in [0.25, 0.3) is 0 Å². The van der Waals surface area contributed by atoms with E-state index in [1.54, 1.807) is 15.9 Å². The van der Waals surface area contributed by atoms with E-state index >= 15 is 0 Å². The van der Waals surface area contributed by atoms with E-state index < -0.39 is 58.0 Å². The maximum Gasteiger partial charge on any atom is 0.416 e. The van der Waals surface area contributed by atoms with Crippen LogP contribution in [0.3, 0.4) is 0 Å². The normalized spacial score (nSPS) is 27.8. The number of nitrogens with one attached hydrogen (secondary N) is 1. The Bertz CT molecular complexity index is 5000. The van der Waals surface area contributed by atoms with Gasteiger partial charge in [0.2, 0.25) is 0 Å². The summed E-state index contributed by atoms with van der Waals surface area (Å²) in [6.45, 7) is 21.6. The monoisotopic (exact) mass is 1860 g/mol. The van der Waals surface area contributed by atoms with Crippen molar-refractivity contribution in [2.75, 3.05) is 78.7 Å². The van der Waals surface area contributed by atoms with E-state index in [2.05, 4.69) is 109 Å². The lowest BCUT2D eigenvalue weighted by Crippen LogP contribution is -2.59. The quantitative estimate of drug-likeness (QED) is 0.0764. The van der Waals surface area contributed by atoms with Gasteiger partial charge in [-0.25, -0.2) is 4.79 Å². The van der Waals surface area contributed by atoms with Crippen LogP contribution in [0.5, 0.6) is 5.75 Å². The summed E-state index contributed by atoms with van der Waals surface area (Å²) in [6, 6.07) is 32.9. The molecule has 2 N–H and O–H groups in total. The zero-order valence-corrected chi connectivity index (χ0v) is 75.6. The first kappa shape index (κ1) is 98.4. The molecule has 12 aliphatic rings. The van der Waals surface area contributed by atoms with Crippen LogP contribution in [0, 0.1) is 49.4 Å². The molecule has 9 fully saturated rings. The zero-order chi connectivity index (χ0) is 92.7. The fraction of sp³-hybridized carbons (Fsp3) is 0.571. The van der Waals surface area contributed by atoms with Gasteiger partial charge in [-0.1, -0.05) is 127 Å². The Morgan fingerprint density at radius 1 is 0.465 bits per heavy atom. The first-order valence-electron chi connectivity index (χ1n) is 45.1. The zero-order valence-electron chi connectivity index (χ0n) is 73.4. The number of likely N-dealkylation sites (tertiary alicyclic amines) is 3. The van der Waals surface area contributed by atoms with Crippen LogP contribution >= 0.6 is 34.8 Å². The van der Waals surface area contributed by atoms with Gasteiger partial charge < -0.3 is 39.2 Å². The van der Waals surface area contributed by atoms with Crippen LogP contribution in [-0.4, -0.2) is 180 Å². The molecule has 18 rings (SSSR count). The highest BCUT2D eigenvalue weighted by Gasteiger charge is 2.59. The number of benzene rings is 6. The van der Waals surface area contributed by atoms with Crippen molar-refractivity contribution < 1.29 is 102 Å². The van der Waals surface area contributed by atoms with E-state index in [9.17, 15) is 63.8 Å². The van der Waals surface area contributed by atoms with E-state index in [-0.39, 0.29) is 82.1 Å². The number of fused-ring (bicyclic) bond motifs is 3. The molecule has 9 heterocycles.